The van der Waals surface area contributed by atoms with E-state index in [1.807, 2.05) is 6.92 Å². The Kier molecular flexibility index (Phi) is 6.94. The van der Waals surface area contributed by atoms with E-state index in [1.165, 1.54) is 0 Å². The van der Waals surface area contributed by atoms with Gasteiger partial charge in [0.05, 0.1) is 6.16 Å². The van der Waals surface area contributed by atoms with Gasteiger partial charge in [0, 0.05) is 7.11 Å². The van der Waals surface area contributed by atoms with E-state index < -0.39 is 19.1 Å². The van der Waals surface area contributed by atoms with Crippen LogP contribution in [0.15, 0.2) is 0 Å². The Hall–Kier alpha value is -0.420. The largest absolute Gasteiger partial charge is 0.480 e. The molecule has 0 saturated heterocycles. The maximum atomic E-state index is 11.3. The van der Waals surface area contributed by atoms with Gasteiger partial charge in [-0.25, -0.2) is 0 Å². The van der Waals surface area contributed by atoms with Gasteiger partial charge in [-0.05, 0) is 12.8 Å². The molecular weight excluding hydrogens is 245 g/mol. The second-order valence-electron chi connectivity index (χ2n) is 4.21. The van der Waals surface area contributed by atoms with Crippen molar-refractivity contribution in [1.29, 1.82) is 0 Å². The second-order valence-corrected chi connectivity index (χ2v) is 6.30. The van der Waals surface area contributed by atoms with Crippen LogP contribution in [0, 0.1) is 0 Å². The molecule has 2 atom stereocenters. The van der Waals surface area contributed by atoms with Gasteiger partial charge in [0.2, 0.25) is 0 Å². The average molecular weight is 267 g/mol. The molecule has 4 N–H and O–H groups in total. The van der Waals surface area contributed by atoms with Crippen molar-refractivity contribution in [3.05, 3.63) is 0 Å². The third-order valence-electron chi connectivity index (χ3n) is 2.78. The van der Waals surface area contributed by atoms with Gasteiger partial charge < -0.3 is 20.3 Å². The molecule has 0 spiro atoms. The van der Waals surface area contributed by atoms with Crippen LogP contribution in [0.25, 0.3) is 0 Å². The molecule has 0 bridgehead atoms. The van der Waals surface area contributed by atoms with E-state index in [1.54, 1.807) is 0 Å². The molecule has 0 heterocycles. The fraction of sp³-hybridized carbons (Fsp3) is 0.900. The first-order chi connectivity index (χ1) is 7.77. The SMILES string of the molecule is CCCCCC(N)(CCP(=O)(O)OC)C(=O)O. The van der Waals surface area contributed by atoms with Crippen molar-refractivity contribution in [2.24, 2.45) is 5.73 Å². The summed E-state index contributed by atoms with van der Waals surface area (Å²) in [7, 11) is -2.57. The number of carboxylic acids is 1. The summed E-state index contributed by atoms with van der Waals surface area (Å²) in [6.07, 6.45) is 2.56. The third kappa shape index (κ3) is 6.17. The lowest BCUT2D eigenvalue weighted by Gasteiger charge is -2.25. The molecule has 102 valence electrons. The number of aliphatic carboxylic acids is 1. The number of carboxylic acid groups (broad SMARTS) is 1. The summed E-state index contributed by atoms with van der Waals surface area (Å²) in [5.41, 5.74) is 4.32. The van der Waals surface area contributed by atoms with Crippen LogP contribution in [0.5, 0.6) is 0 Å². The van der Waals surface area contributed by atoms with Crippen LogP contribution < -0.4 is 5.73 Å². The van der Waals surface area contributed by atoms with Gasteiger partial charge in [-0.2, -0.15) is 0 Å². The standard InChI is InChI=1S/C10H22NO5P/c1-3-4-5-6-10(11,9(12)13)7-8-17(14,15)16-2/h3-8,11H2,1-2H3,(H,12,13)(H,14,15). The van der Waals surface area contributed by atoms with Crippen LogP contribution in [-0.2, 0) is 13.9 Å². The highest BCUT2D eigenvalue weighted by molar-refractivity contribution is 7.52. The number of unbranched alkanes of at least 4 members (excludes halogenated alkanes) is 2. The lowest BCUT2D eigenvalue weighted by molar-refractivity contribution is -0.143. The van der Waals surface area contributed by atoms with E-state index >= 15 is 0 Å². The highest BCUT2D eigenvalue weighted by atomic mass is 31.2. The van der Waals surface area contributed by atoms with Crippen molar-refractivity contribution in [2.45, 2.75) is 44.6 Å². The Morgan fingerprint density at radius 1 is 1.41 bits per heavy atom. The molecule has 0 radical (unpaired) electrons. The maximum absolute atomic E-state index is 11.3. The topological polar surface area (TPSA) is 110 Å². The van der Waals surface area contributed by atoms with Gasteiger partial charge in [-0.3, -0.25) is 9.36 Å². The van der Waals surface area contributed by atoms with Gasteiger partial charge in [-0.15, -0.1) is 0 Å². The molecule has 0 aliphatic carbocycles. The fourth-order valence-electron chi connectivity index (χ4n) is 1.46. The van der Waals surface area contributed by atoms with Crippen molar-refractivity contribution >= 4 is 13.6 Å². The van der Waals surface area contributed by atoms with Crippen molar-refractivity contribution in [3.63, 3.8) is 0 Å². The monoisotopic (exact) mass is 267 g/mol. The van der Waals surface area contributed by atoms with E-state index in [0.717, 1.165) is 20.0 Å². The zero-order valence-electron chi connectivity index (χ0n) is 10.4. The highest BCUT2D eigenvalue weighted by Crippen LogP contribution is 2.42. The number of nitrogens with two attached hydrogens (primary N) is 1. The van der Waals surface area contributed by atoms with Crippen LogP contribution in [-0.4, -0.2) is 34.8 Å². The minimum absolute atomic E-state index is 0.0618. The Labute approximate surface area is 102 Å². The first-order valence-corrected chi connectivity index (χ1v) is 7.43. The molecule has 0 aliphatic heterocycles. The molecule has 0 fully saturated rings. The maximum Gasteiger partial charge on any atom is 0.327 e. The van der Waals surface area contributed by atoms with E-state index in [-0.39, 0.29) is 12.6 Å². The summed E-state index contributed by atoms with van der Waals surface area (Å²) in [6, 6.07) is 0. The first-order valence-electron chi connectivity index (χ1n) is 5.67. The van der Waals surface area contributed by atoms with E-state index in [4.69, 9.17) is 10.8 Å². The molecule has 2 unspecified atom stereocenters. The molecule has 0 aromatic heterocycles. The summed E-state index contributed by atoms with van der Waals surface area (Å²) >= 11 is 0. The predicted octanol–water partition coefficient (Wildman–Crippen LogP) is 1.57. The van der Waals surface area contributed by atoms with Crippen LogP contribution in [0.1, 0.15) is 39.0 Å². The molecule has 17 heavy (non-hydrogen) atoms. The van der Waals surface area contributed by atoms with Crippen LogP contribution >= 0.6 is 7.60 Å². The Bertz CT molecular complexity index is 296. The summed E-state index contributed by atoms with van der Waals surface area (Å²) in [5, 5.41) is 9.06. The quantitative estimate of drug-likeness (QED) is 0.432. The van der Waals surface area contributed by atoms with Gasteiger partial charge in [0.15, 0.2) is 0 Å². The number of hydrogen-bond acceptors (Lipinski definition) is 4. The van der Waals surface area contributed by atoms with Gasteiger partial charge >= 0.3 is 13.6 Å². The van der Waals surface area contributed by atoms with Crippen LogP contribution in [0.2, 0.25) is 0 Å². The predicted molar refractivity (Wildman–Crippen MR) is 65.0 cm³/mol. The summed E-state index contributed by atoms with van der Waals surface area (Å²) < 4.78 is 15.7. The van der Waals surface area contributed by atoms with Gasteiger partial charge in [0.1, 0.15) is 5.54 Å². The number of carbonyl (C=O) groups is 1. The van der Waals surface area contributed by atoms with Crippen molar-refractivity contribution in [3.8, 4) is 0 Å². The molecule has 0 saturated carbocycles. The molecule has 7 heteroatoms. The van der Waals surface area contributed by atoms with Gasteiger partial charge in [0.25, 0.3) is 0 Å². The molecular formula is C10H22NO5P. The molecule has 0 aromatic rings. The van der Waals surface area contributed by atoms with Crippen LogP contribution in [0.3, 0.4) is 0 Å². The summed E-state index contributed by atoms with van der Waals surface area (Å²) in [5.74, 6) is -1.13. The molecule has 6 nitrogen and oxygen atoms in total. The van der Waals surface area contributed by atoms with Crippen molar-refractivity contribution < 1.29 is 23.9 Å². The Morgan fingerprint density at radius 2 is 2.00 bits per heavy atom. The van der Waals surface area contributed by atoms with Crippen molar-refractivity contribution in [2.75, 3.05) is 13.3 Å². The van der Waals surface area contributed by atoms with E-state index in [9.17, 15) is 14.3 Å². The minimum atomic E-state index is -3.69. The van der Waals surface area contributed by atoms with Crippen molar-refractivity contribution in [1.82, 2.24) is 0 Å². The zero-order chi connectivity index (χ0) is 13.5. The molecule has 0 aromatic carbocycles. The second kappa shape index (κ2) is 7.11. The summed E-state index contributed by atoms with van der Waals surface area (Å²) in [4.78, 5) is 20.3. The van der Waals surface area contributed by atoms with Gasteiger partial charge in [-0.1, -0.05) is 26.2 Å². The normalized spacial score (nSPS) is 18.4. The smallest absolute Gasteiger partial charge is 0.327 e. The average Bonchev–Trinajstić information content (AvgIpc) is 2.27. The lowest BCUT2D eigenvalue weighted by Crippen LogP contribution is -2.48. The molecule has 0 rings (SSSR count). The Morgan fingerprint density at radius 3 is 2.41 bits per heavy atom. The minimum Gasteiger partial charge on any atom is -0.480 e. The van der Waals surface area contributed by atoms with E-state index in [2.05, 4.69) is 4.52 Å². The number of hydrogen-bond donors (Lipinski definition) is 3. The number of rotatable bonds is 9. The fourth-order valence-corrected chi connectivity index (χ4v) is 2.33. The molecule has 0 amide bonds. The highest BCUT2D eigenvalue weighted by Gasteiger charge is 2.35. The van der Waals surface area contributed by atoms with Crippen LogP contribution in [0.4, 0.5) is 0 Å². The lowest BCUT2D eigenvalue weighted by atomic mass is 9.91. The summed E-state index contributed by atoms with van der Waals surface area (Å²) in [6.45, 7) is 2.01. The Balaban J connectivity index is 4.41. The van der Waals surface area contributed by atoms with E-state index in [0.29, 0.717) is 12.8 Å². The zero-order valence-corrected chi connectivity index (χ0v) is 11.3. The third-order valence-corrected chi connectivity index (χ3v) is 4.14. The first kappa shape index (κ1) is 16.6. The molecule has 0 aliphatic rings.